The van der Waals surface area contributed by atoms with Crippen molar-refractivity contribution in [1.82, 2.24) is 19.4 Å². The number of aromatic nitrogens is 2. The smallest absolute Gasteiger partial charge is 0.270 e. The molecule has 4 aromatic rings. The molecule has 0 atom stereocenters. The Hall–Kier alpha value is -4.37. The molecule has 1 aliphatic rings. The molecular weight excluding hydrogens is 470 g/mol. The van der Waals surface area contributed by atoms with Crippen molar-refractivity contribution in [2.24, 2.45) is 12.8 Å². The van der Waals surface area contributed by atoms with E-state index >= 15 is 0 Å². The number of pyridine rings is 1. The van der Waals surface area contributed by atoms with Gasteiger partial charge in [-0.05, 0) is 48.0 Å². The van der Waals surface area contributed by atoms with E-state index in [1.807, 2.05) is 52.9 Å². The zero-order valence-corrected chi connectivity index (χ0v) is 20.9. The molecule has 0 saturated carbocycles. The van der Waals surface area contributed by atoms with Gasteiger partial charge in [-0.15, -0.1) is 0 Å². The van der Waals surface area contributed by atoms with Crippen molar-refractivity contribution in [3.63, 3.8) is 0 Å². The van der Waals surface area contributed by atoms with Crippen LogP contribution in [0.2, 0.25) is 0 Å². The minimum atomic E-state index is -0.541. The van der Waals surface area contributed by atoms with E-state index in [1.165, 1.54) is 11.8 Å². The third-order valence-corrected chi connectivity index (χ3v) is 6.70. The number of nitrogens with two attached hydrogens (primary N) is 1. The van der Waals surface area contributed by atoms with Gasteiger partial charge in [-0.25, -0.2) is 4.98 Å². The molecule has 2 N–H and O–H groups in total. The third-order valence-electron chi connectivity index (χ3n) is 6.70. The average molecular weight is 500 g/mol. The fourth-order valence-electron chi connectivity index (χ4n) is 4.56. The first-order chi connectivity index (χ1) is 17.9. The zero-order chi connectivity index (χ0) is 25.9. The molecular formula is C28H29N5O4. The molecule has 1 fully saturated rings. The minimum Gasteiger partial charge on any atom is -0.497 e. The van der Waals surface area contributed by atoms with Crippen LogP contribution >= 0.6 is 0 Å². The van der Waals surface area contributed by atoms with Gasteiger partial charge in [0, 0.05) is 62.9 Å². The molecule has 190 valence electrons. The molecule has 1 saturated heterocycles. The number of amides is 2. The lowest BCUT2D eigenvalue weighted by molar-refractivity contribution is 0.0619. The van der Waals surface area contributed by atoms with Gasteiger partial charge in [0.05, 0.1) is 12.7 Å². The SMILES string of the molecule is COc1ccc(CN2CCN(C(=O)c3cc4cc(Oc5ccc(C(N)=O)cn5)ccc4n3C)CC2)cc1. The van der Waals surface area contributed by atoms with Crippen LogP contribution in [0.4, 0.5) is 0 Å². The number of carbonyl (C=O) groups excluding carboxylic acids is 2. The number of rotatable bonds is 7. The van der Waals surface area contributed by atoms with E-state index in [9.17, 15) is 9.59 Å². The Balaban J connectivity index is 1.24. The number of carbonyl (C=O) groups is 2. The number of nitrogens with zero attached hydrogens (tertiary/aromatic N) is 4. The van der Waals surface area contributed by atoms with E-state index < -0.39 is 5.91 Å². The number of hydrogen-bond acceptors (Lipinski definition) is 6. The summed E-state index contributed by atoms with van der Waals surface area (Å²) in [6, 6.07) is 18.8. The van der Waals surface area contributed by atoms with Crippen molar-refractivity contribution in [3.8, 4) is 17.4 Å². The van der Waals surface area contributed by atoms with Crippen molar-refractivity contribution in [3.05, 3.63) is 83.7 Å². The fourth-order valence-corrected chi connectivity index (χ4v) is 4.56. The molecule has 0 aliphatic carbocycles. The van der Waals surface area contributed by atoms with Gasteiger partial charge >= 0.3 is 0 Å². The van der Waals surface area contributed by atoms with Gasteiger partial charge in [0.15, 0.2) is 0 Å². The number of benzene rings is 2. The Morgan fingerprint density at radius 3 is 2.32 bits per heavy atom. The standard InChI is InChI=1S/C28H29N5O4/c1-31-24-9-8-23(37-26-10-5-20(17-30-26)27(29)34)15-21(24)16-25(31)28(35)33-13-11-32(12-14-33)18-19-3-6-22(36-2)7-4-19/h3-10,15-17H,11-14,18H2,1-2H3,(H2,29,34). The van der Waals surface area contributed by atoms with E-state index in [0.717, 1.165) is 36.3 Å². The lowest BCUT2D eigenvalue weighted by Crippen LogP contribution is -2.48. The van der Waals surface area contributed by atoms with Crippen molar-refractivity contribution in [1.29, 1.82) is 0 Å². The molecule has 0 unspecified atom stereocenters. The summed E-state index contributed by atoms with van der Waals surface area (Å²) < 4.78 is 13.0. The van der Waals surface area contributed by atoms with E-state index in [0.29, 0.717) is 36.0 Å². The van der Waals surface area contributed by atoms with Crippen LogP contribution in [0.3, 0.4) is 0 Å². The van der Waals surface area contributed by atoms with E-state index in [2.05, 4.69) is 22.0 Å². The van der Waals surface area contributed by atoms with Crippen molar-refractivity contribution in [2.75, 3.05) is 33.3 Å². The van der Waals surface area contributed by atoms with Crippen LogP contribution in [-0.4, -0.2) is 64.5 Å². The Labute approximate surface area is 215 Å². The summed E-state index contributed by atoms with van der Waals surface area (Å²) in [6.07, 6.45) is 1.38. The van der Waals surface area contributed by atoms with Crippen LogP contribution < -0.4 is 15.2 Å². The van der Waals surface area contributed by atoms with Crippen molar-refractivity contribution >= 4 is 22.7 Å². The van der Waals surface area contributed by atoms with Crippen LogP contribution in [0, 0.1) is 0 Å². The van der Waals surface area contributed by atoms with Crippen LogP contribution in [0.1, 0.15) is 26.4 Å². The zero-order valence-electron chi connectivity index (χ0n) is 20.9. The molecule has 3 heterocycles. The topological polar surface area (TPSA) is 103 Å². The fraction of sp³-hybridized carbons (Fsp3) is 0.250. The Kier molecular flexibility index (Phi) is 6.78. The molecule has 37 heavy (non-hydrogen) atoms. The minimum absolute atomic E-state index is 0.0222. The first kappa shape index (κ1) is 24.3. The predicted molar refractivity (Wildman–Crippen MR) is 140 cm³/mol. The summed E-state index contributed by atoms with van der Waals surface area (Å²) in [7, 11) is 3.57. The molecule has 2 amide bonds. The van der Waals surface area contributed by atoms with Crippen LogP contribution in [-0.2, 0) is 13.6 Å². The number of fused-ring (bicyclic) bond motifs is 1. The summed E-state index contributed by atoms with van der Waals surface area (Å²) >= 11 is 0. The van der Waals surface area contributed by atoms with Gasteiger partial charge in [-0.1, -0.05) is 12.1 Å². The highest BCUT2D eigenvalue weighted by molar-refractivity contribution is 5.99. The monoisotopic (exact) mass is 499 g/mol. The van der Waals surface area contributed by atoms with E-state index in [-0.39, 0.29) is 5.91 Å². The second kappa shape index (κ2) is 10.3. The lowest BCUT2D eigenvalue weighted by atomic mass is 10.2. The number of ether oxygens (including phenoxy) is 2. The molecule has 0 radical (unpaired) electrons. The second-order valence-corrected chi connectivity index (χ2v) is 9.08. The molecule has 2 aromatic carbocycles. The number of hydrogen-bond donors (Lipinski definition) is 1. The maximum absolute atomic E-state index is 13.4. The Morgan fingerprint density at radius 2 is 1.68 bits per heavy atom. The van der Waals surface area contributed by atoms with Gasteiger partial charge in [0.2, 0.25) is 11.8 Å². The van der Waals surface area contributed by atoms with E-state index in [4.69, 9.17) is 15.2 Å². The van der Waals surface area contributed by atoms with Crippen LogP contribution in [0.5, 0.6) is 17.4 Å². The van der Waals surface area contributed by atoms with Crippen molar-refractivity contribution < 1.29 is 19.1 Å². The summed E-state index contributed by atoms with van der Waals surface area (Å²) in [5.74, 6) is 1.27. The number of methoxy groups -OCH3 is 1. The predicted octanol–water partition coefficient (Wildman–Crippen LogP) is 3.43. The summed E-state index contributed by atoms with van der Waals surface area (Å²) in [5.41, 5.74) is 8.38. The molecule has 9 nitrogen and oxygen atoms in total. The highest BCUT2D eigenvalue weighted by Gasteiger charge is 2.25. The number of piperazine rings is 1. The number of primary amides is 1. The number of aryl methyl sites for hydroxylation is 1. The highest BCUT2D eigenvalue weighted by atomic mass is 16.5. The maximum atomic E-state index is 13.4. The van der Waals surface area contributed by atoms with Gasteiger partial charge in [0.25, 0.3) is 5.91 Å². The molecule has 5 rings (SSSR count). The van der Waals surface area contributed by atoms with Crippen molar-refractivity contribution in [2.45, 2.75) is 6.54 Å². The molecule has 0 bridgehead atoms. The normalized spacial score (nSPS) is 14.1. The second-order valence-electron chi connectivity index (χ2n) is 9.08. The van der Waals surface area contributed by atoms with Gasteiger partial charge < -0.3 is 24.7 Å². The molecule has 9 heteroatoms. The third kappa shape index (κ3) is 5.26. The average Bonchev–Trinajstić information content (AvgIpc) is 3.25. The van der Waals surface area contributed by atoms with Gasteiger partial charge in [-0.3, -0.25) is 14.5 Å². The first-order valence-corrected chi connectivity index (χ1v) is 12.1. The lowest BCUT2D eigenvalue weighted by Gasteiger charge is -2.34. The van der Waals surface area contributed by atoms with E-state index in [1.54, 1.807) is 19.2 Å². The van der Waals surface area contributed by atoms with Crippen LogP contribution in [0.25, 0.3) is 10.9 Å². The largest absolute Gasteiger partial charge is 0.497 e. The summed E-state index contributed by atoms with van der Waals surface area (Å²) in [4.78, 5) is 33.0. The highest BCUT2D eigenvalue weighted by Crippen LogP contribution is 2.27. The molecule has 0 spiro atoms. The first-order valence-electron chi connectivity index (χ1n) is 12.1. The Morgan fingerprint density at radius 1 is 0.946 bits per heavy atom. The molecule has 2 aromatic heterocycles. The quantitative estimate of drug-likeness (QED) is 0.418. The van der Waals surface area contributed by atoms with Crippen LogP contribution in [0.15, 0.2) is 66.9 Å². The molecule has 1 aliphatic heterocycles. The van der Waals surface area contributed by atoms with Gasteiger partial charge in [0.1, 0.15) is 17.2 Å². The summed E-state index contributed by atoms with van der Waals surface area (Å²) in [6.45, 7) is 3.85. The Bertz CT molecular complexity index is 1420. The van der Waals surface area contributed by atoms with Gasteiger partial charge in [-0.2, -0.15) is 0 Å². The maximum Gasteiger partial charge on any atom is 0.270 e. The summed E-state index contributed by atoms with van der Waals surface area (Å²) in [5, 5.41) is 0.898.